The molecule has 5 nitrogen and oxygen atoms in total. The van der Waals surface area contributed by atoms with E-state index in [2.05, 4.69) is 16.9 Å². The van der Waals surface area contributed by atoms with Crippen LogP contribution < -0.4 is 10.4 Å². The van der Waals surface area contributed by atoms with E-state index in [4.69, 9.17) is 27.7 Å². The molecule has 0 saturated carbocycles. The highest BCUT2D eigenvalue weighted by molar-refractivity contribution is 7.68. The van der Waals surface area contributed by atoms with Crippen molar-refractivity contribution in [2.75, 3.05) is 12.2 Å². The molecule has 2 N–H and O–H groups in total. The molecule has 144 valence electrons. The molecule has 0 aliphatic carbocycles. The van der Waals surface area contributed by atoms with Crippen LogP contribution in [0.15, 0.2) is 24.3 Å². The van der Waals surface area contributed by atoms with E-state index >= 15 is 0 Å². The first kappa shape index (κ1) is 21.8. The van der Waals surface area contributed by atoms with Crippen LogP contribution in [0.5, 0.6) is 0 Å². The molecule has 0 amide bonds. The Bertz CT molecular complexity index is 985. The maximum atomic E-state index is 13.3. The van der Waals surface area contributed by atoms with E-state index < -0.39 is 13.5 Å². The summed E-state index contributed by atoms with van der Waals surface area (Å²) in [6, 6.07) is 6.00. The summed E-state index contributed by atoms with van der Waals surface area (Å²) >= 11 is 13.0. The summed E-state index contributed by atoms with van der Waals surface area (Å²) in [5.41, 5.74) is -0.0819. The Morgan fingerprint density at radius 3 is 2.48 bits per heavy atom. The van der Waals surface area contributed by atoms with Crippen molar-refractivity contribution in [1.82, 2.24) is 0 Å². The molecule has 1 aromatic heterocycles. The fraction of sp³-hybridized carbons (Fsp3) is 0.278. The maximum Gasteiger partial charge on any atom is 0.348 e. The van der Waals surface area contributed by atoms with Gasteiger partial charge in [0.1, 0.15) is 4.88 Å². The minimum atomic E-state index is -3.68. The number of benzene rings is 1. The molecule has 2 rings (SSSR count). The van der Waals surface area contributed by atoms with Crippen molar-refractivity contribution in [3.8, 4) is 11.8 Å². The zero-order valence-corrected chi connectivity index (χ0v) is 18.3. The molecular formula is C18H18Cl2NO4PS. The van der Waals surface area contributed by atoms with E-state index in [0.717, 1.165) is 11.3 Å². The van der Waals surface area contributed by atoms with Crippen LogP contribution in [-0.4, -0.2) is 18.2 Å². The Hall–Kier alpha value is -1.48. The van der Waals surface area contributed by atoms with Crippen molar-refractivity contribution in [2.45, 2.75) is 20.8 Å². The Balaban J connectivity index is 2.49. The fourth-order valence-electron chi connectivity index (χ4n) is 2.03. The van der Waals surface area contributed by atoms with Crippen LogP contribution >= 0.6 is 42.1 Å². The average Bonchev–Trinajstić information content (AvgIpc) is 2.95. The summed E-state index contributed by atoms with van der Waals surface area (Å²) in [6.07, 6.45) is 0. The molecule has 1 unspecified atom stereocenters. The molecule has 0 radical (unpaired) electrons. The number of carbonyl (C=O) groups is 1. The first-order chi connectivity index (χ1) is 12.4. The van der Waals surface area contributed by atoms with Crippen LogP contribution in [0.25, 0.3) is 0 Å². The highest BCUT2D eigenvalue weighted by Gasteiger charge is 2.30. The quantitative estimate of drug-likeness (QED) is 0.454. The molecule has 9 heteroatoms. The third-order valence-corrected chi connectivity index (χ3v) is 7.03. The Morgan fingerprint density at radius 2 is 1.96 bits per heavy atom. The third-order valence-electron chi connectivity index (χ3n) is 3.24. The molecular weight excluding hydrogens is 428 g/mol. The van der Waals surface area contributed by atoms with E-state index in [0.29, 0.717) is 9.90 Å². The zero-order chi connectivity index (χ0) is 20.4. The lowest BCUT2D eigenvalue weighted by atomic mass is 9.98. The molecule has 1 atom stereocenters. The fourth-order valence-corrected chi connectivity index (χ4v) is 5.17. The number of halogens is 2. The molecule has 0 bridgehead atoms. The Morgan fingerprint density at radius 1 is 1.30 bits per heavy atom. The first-order valence-electron chi connectivity index (χ1n) is 7.75. The first-order valence-corrected chi connectivity index (χ1v) is 10.9. The maximum absolute atomic E-state index is 13.3. The van der Waals surface area contributed by atoms with Crippen molar-refractivity contribution in [1.29, 1.82) is 0 Å². The van der Waals surface area contributed by atoms with E-state index in [1.54, 1.807) is 6.07 Å². The van der Waals surface area contributed by atoms with Gasteiger partial charge in [-0.2, -0.15) is 0 Å². The lowest BCUT2D eigenvalue weighted by Gasteiger charge is -2.19. The number of hydrogen-bond donors (Lipinski definition) is 2. The van der Waals surface area contributed by atoms with Gasteiger partial charge in [-0.15, -0.1) is 11.3 Å². The van der Waals surface area contributed by atoms with Crippen molar-refractivity contribution in [3.05, 3.63) is 44.1 Å². The predicted octanol–water partition coefficient (Wildman–Crippen LogP) is 5.73. The third kappa shape index (κ3) is 5.51. The molecule has 0 aliphatic rings. The summed E-state index contributed by atoms with van der Waals surface area (Å²) < 4.78 is 18.5. The monoisotopic (exact) mass is 445 g/mol. The van der Waals surface area contributed by atoms with Gasteiger partial charge in [-0.3, -0.25) is 4.57 Å². The number of carboxylic acids is 1. The van der Waals surface area contributed by atoms with Gasteiger partial charge >= 0.3 is 13.5 Å². The van der Waals surface area contributed by atoms with Gasteiger partial charge in [-0.1, -0.05) is 35.0 Å². The summed E-state index contributed by atoms with van der Waals surface area (Å²) in [4.78, 5) is 12.1. The van der Waals surface area contributed by atoms with E-state index in [-0.39, 0.29) is 26.3 Å². The molecule has 1 aromatic carbocycles. The van der Waals surface area contributed by atoms with Crippen molar-refractivity contribution in [3.63, 3.8) is 0 Å². The lowest BCUT2D eigenvalue weighted by molar-refractivity contribution is 0.0703. The average molecular weight is 446 g/mol. The van der Waals surface area contributed by atoms with E-state index in [1.165, 1.54) is 25.3 Å². The zero-order valence-electron chi connectivity index (χ0n) is 15.1. The van der Waals surface area contributed by atoms with Crippen LogP contribution in [0.4, 0.5) is 5.69 Å². The highest BCUT2D eigenvalue weighted by Crippen LogP contribution is 2.48. The van der Waals surface area contributed by atoms with Crippen LogP contribution in [0.2, 0.25) is 10.0 Å². The number of nitrogens with one attached hydrogen (secondary N) is 1. The molecule has 2 aromatic rings. The molecule has 0 saturated heterocycles. The van der Waals surface area contributed by atoms with Gasteiger partial charge in [0.05, 0.1) is 20.9 Å². The van der Waals surface area contributed by atoms with Gasteiger partial charge in [0, 0.05) is 17.5 Å². The van der Waals surface area contributed by atoms with Crippen LogP contribution in [0.1, 0.15) is 35.3 Å². The minimum absolute atomic E-state index is 0.0180. The number of hydrogen-bond acceptors (Lipinski definition) is 4. The number of anilines is 1. The summed E-state index contributed by atoms with van der Waals surface area (Å²) in [5, 5.41) is 12.9. The molecule has 27 heavy (non-hydrogen) atoms. The smallest absolute Gasteiger partial charge is 0.348 e. The largest absolute Gasteiger partial charge is 0.477 e. The van der Waals surface area contributed by atoms with Gasteiger partial charge in [0.2, 0.25) is 0 Å². The van der Waals surface area contributed by atoms with E-state index in [9.17, 15) is 14.5 Å². The van der Waals surface area contributed by atoms with Gasteiger partial charge in [0.25, 0.3) is 0 Å². The van der Waals surface area contributed by atoms with Crippen LogP contribution in [-0.2, 0) is 9.09 Å². The second-order valence-corrected chi connectivity index (χ2v) is 10.7. The minimum Gasteiger partial charge on any atom is -0.477 e. The number of rotatable bonds is 5. The second kappa shape index (κ2) is 8.26. The number of carboxylic acid groups (broad SMARTS) is 1. The number of aromatic carboxylic acids is 1. The normalized spacial score (nSPS) is 13.4. The molecule has 1 heterocycles. The number of thiophene rings is 1. The van der Waals surface area contributed by atoms with E-state index in [1.807, 2.05) is 20.8 Å². The van der Waals surface area contributed by atoms with Gasteiger partial charge in [-0.25, -0.2) is 4.79 Å². The topological polar surface area (TPSA) is 75.6 Å². The Labute approximate surface area is 172 Å². The van der Waals surface area contributed by atoms with Crippen molar-refractivity contribution < 1.29 is 19.0 Å². The van der Waals surface area contributed by atoms with Gasteiger partial charge in [0.15, 0.2) is 0 Å². The summed E-state index contributed by atoms with van der Waals surface area (Å²) in [6.45, 7) is 5.85. The molecule has 0 spiro atoms. The SMILES string of the molecule is COP(=O)(Nc1cc(C#CC(C)(C)C)sc1C(=O)O)c1ccc(Cl)cc1Cl. The molecule has 0 fully saturated rings. The van der Waals surface area contributed by atoms with Crippen molar-refractivity contribution in [2.24, 2.45) is 5.41 Å². The second-order valence-electron chi connectivity index (χ2n) is 6.60. The molecule has 0 aliphatic heterocycles. The lowest BCUT2D eigenvalue weighted by Crippen LogP contribution is -2.15. The van der Waals surface area contributed by atoms with Gasteiger partial charge in [-0.05, 0) is 45.0 Å². The summed E-state index contributed by atoms with van der Waals surface area (Å²) in [5.74, 6) is 4.84. The van der Waals surface area contributed by atoms with Gasteiger partial charge < -0.3 is 14.7 Å². The Kier molecular flexibility index (Phi) is 6.68. The van der Waals surface area contributed by atoms with Crippen LogP contribution in [0, 0.1) is 17.3 Å². The van der Waals surface area contributed by atoms with Crippen LogP contribution in [0.3, 0.4) is 0 Å². The van der Waals surface area contributed by atoms with Crippen molar-refractivity contribution >= 4 is 59.0 Å². The predicted molar refractivity (Wildman–Crippen MR) is 112 cm³/mol. The highest BCUT2D eigenvalue weighted by atomic mass is 35.5. The summed E-state index contributed by atoms with van der Waals surface area (Å²) in [7, 11) is -2.43. The standard InChI is InChI=1S/C18H18Cl2NO4PS/c1-18(2,3)8-7-12-10-14(16(27-12)17(22)23)21-26(24,25-4)15-6-5-11(19)9-13(15)20/h5-6,9-10H,1-4H3,(H,21,24)(H,22,23).